The number of halogens is 1. The Kier molecular flexibility index (Phi) is 3.64. The minimum atomic E-state index is -0.0454. The first kappa shape index (κ1) is 10.7. The summed E-state index contributed by atoms with van der Waals surface area (Å²) in [4.78, 5) is 0. The van der Waals surface area contributed by atoms with Crippen molar-refractivity contribution in [3.8, 4) is 0 Å². The third-order valence-electron chi connectivity index (χ3n) is 1.60. The molecule has 1 rings (SSSR count). The van der Waals surface area contributed by atoms with Crippen LogP contribution in [-0.2, 0) is 0 Å². The molecular formula is C9H11BrN4. The number of hydrogen-bond donors (Lipinski definition) is 2. The van der Waals surface area contributed by atoms with E-state index in [0.29, 0.717) is 0 Å². The molecule has 0 spiro atoms. The zero-order chi connectivity index (χ0) is 10.6. The van der Waals surface area contributed by atoms with Crippen LogP contribution in [0.5, 0.6) is 0 Å². The number of nitrogens with zero attached hydrogens (tertiary/aromatic N) is 2. The van der Waals surface area contributed by atoms with Gasteiger partial charge >= 0.3 is 0 Å². The highest BCUT2D eigenvalue weighted by Crippen LogP contribution is 2.14. The van der Waals surface area contributed by atoms with Crippen LogP contribution in [0.3, 0.4) is 0 Å². The second-order valence-corrected chi connectivity index (χ2v) is 3.69. The first-order chi connectivity index (χ1) is 6.59. The molecule has 0 aliphatic carbocycles. The molecule has 5 heteroatoms. The maximum atomic E-state index is 5.13. The topological polar surface area (TPSA) is 76.8 Å². The van der Waals surface area contributed by atoms with Gasteiger partial charge < -0.3 is 11.5 Å². The minimum Gasteiger partial charge on any atom is -0.369 e. The SMILES string of the molecule is Cc1cc(Br)ccc1C=NN=C(N)N. The largest absolute Gasteiger partial charge is 0.369 e. The van der Waals surface area contributed by atoms with Crippen molar-refractivity contribution in [1.29, 1.82) is 0 Å². The number of benzene rings is 1. The van der Waals surface area contributed by atoms with Gasteiger partial charge in [-0.1, -0.05) is 22.0 Å². The smallest absolute Gasteiger partial charge is 0.211 e. The Balaban J connectivity index is 2.87. The molecule has 0 amide bonds. The normalized spacial score (nSPS) is 10.4. The highest BCUT2D eigenvalue weighted by atomic mass is 79.9. The molecule has 1 aromatic rings. The van der Waals surface area contributed by atoms with E-state index in [1.54, 1.807) is 6.21 Å². The molecule has 0 aliphatic rings. The van der Waals surface area contributed by atoms with Gasteiger partial charge in [0.05, 0.1) is 6.21 Å². The Morgan fingerprint density at radius 1 is 1.43 bits per heavy atom. The molecule has 0 aliphatic heterocycles. The van der Waals surface area contributed by atoms with Crippen molar-refractivity contribution in [3.63, 3.8) is 0 Å². The summed E-state index contributed by atoms with van der Waals surface area (Å²) < 4.78 is 1.04. The molecule has 0 saturated heterocycles. The van der Waals surface area contributed by atoms with Crippen LogP contribution in [0.1, 0.15) is 11.1 Å². The zero-order valence-electron chi connectivity index (χ0n) is 7.74. The zero-order valence-corrected chi connectivity index (χ0v) is 9.32. The van der Waals surface area contributed by atoms with Crippen molar-refractivity contribution in [2.75, 3.05) is 0 Å². The van der Waals surface area contributed by atoms with Gasteiger partial charge in [0.1, 0.15) is 0 Å². The quantitative estimate of drug-likeness (QED) is 0.475. The van der Waals surface area contributed by atoms with Crippen molar-refractivity contribution in [2.24, 2.45) is 21.7 Å². The van der Waals surface area contributed by atoms with Crippen LogP contribution in [0.4, 0.5) is 0 Å². The van der Waals surface area contributed by atoms with Crippen LogP contribution in [0, 0.1) is 6.92 Å². The molecule has 0 unspecified atom stereocenters. The van der Waals surface area contributed by atoms with Gasteiger partial charge in [-0.2, -0.15) is 5.10 Å². The van der Waals surface area contributed by atoms with Gasteiger partial charge in [0.25, 0.3) is 0 Å². The van der Waals surface area contributed by atoms with Crippen molar-refractivity contribution < 1.29 is 0 Å². The highest BCUT2D eigenvalue weighted by Gasteiger charge is 1.94. The molecule has 0 aromatic heterocycles. The summed E-state index contributed by atoms with van der Waals surface area (Å²) in [6.07, 6.45) is 1.61. The summed E-state index contributed by atoms with van der Waals surface area (Å²) in [7, 11) is 0. The highest BCUT2D eigenvalue weighted by molar-refractivity contribution is 9.10. The lowest BCUT2D eigenvalue weighted by Crippen LogP contribution is -2.21. The Hall–Kier alpha value is -1.36. The third-order valence-corrected chi connectivity index (χ3v) is 2.10. The third kappa shape index (κ3) is 3.18. The van der Waals surface area contributed by atoms with E-state index in [1.165, 1.54) is 0 Å². The molecule has 14 heavy (non-hydrogen) atoms. The Morgan fingerprint density at radius 2 is 2.14 bits per heavy atom. The molecule has 0 heterocycles. The van der Waals surface area contributed by atoms with Gasteiger partial charge in [-0.05, 0) is 30.2 Å². The number of nitrogens with two attached hydrogens (primary N) is 2. The lowest BCUT2D eigenvalue weighted by molar-refractivity contribution is 1.21. The first-order valence-electron chi connectivity index (χ1n) is 3.97. The van der Waals surface area contributed by atoms with E-state index in [1.807, 2.05) is 25.1 Å². The lowest BCUT2D eigenvalue weighted by Gasteiger charge is -1.98. The number of guanidine groups is 1. The van der Waals surface area contributed by atoms with Gasteiger partial charge in [-0.3, -0.25) is 0 Å². The molecule has 4 N–H and O–H groups in total. The van der Waals surface area contributed by atoms with Crippen molar-refractivity contribution in [1.82, 2.24) is 0 Å². The van der Waals surface area contributed by atoms with Gasteiger partial charge in [-0.15, -0.1) is 5.10 Å². The minimum absolute atomic E-state index is 0.0454. The summed E-state index contributed by atoms with van der Waals surface area (Å²) in [6, 6.07) is 5.87. The summed E-state index contributed by atoms with van der Waals surface area (Å²) >= 11 is 3.38. The maximum absolute atomic E-state index is 5.13. The van der Waals surface area contributed by atoms with Crippen LogP contribution in [0.25, 0.3) is 0 Å². The second kappa shape index (κ2) is 4.76. The Labute approximate surface area is 90.8 Å². The van der Waals surface area contributed by atoms with E-state index in [-0.39, 0.29) is 5.96 Å². The van der Waals surface area contributed by atoms with Crippen molar-refractivity contribution in [2.45, 2.75) is 6.92 Å². The predicted octanol–water partition coefficient (Wildman–Crippen LogP) is 1.36. The molecule has 74 valence electrons. The van der Waals surface area contributed by atoms with E-state index < -0.39 is 0 Å². The van der Waals surface area contributed by atoms with Gasteiger partial charge in [-0.25, -0.2) is 0 Å². The fourth-order valence-corrected chi connectivity index (χ4v) is 1.42. The van der Waals surface area contributed by atoms with Crippen LogP contribution in [0.15, 0.2) is 32.9 Å². The molecule has 0 saturated carbocycles. The first-order valence-corrected chi connectivity index (χ1v) is 4.77. The standard InChI is InChI=1S/C9H11BrN4/c1-6-4-8(10)3-2-7(6)5-13-14-9(11)12/h2-5H,1H3,(H4,11,12,14). The van der Waals surface area contributed by atoms with E-state index in [4.69, 9.17) is 11.5 Å². The van der Waals surface area contributed by atoms with Crippen LogP contribution < -0.4 is 11.5 Å². The molecule has 1 aromatic carbocycles. The predicted molar refractivity (Wildman–Crippen MR) is 62.3 cm³/mol. The monoisotopic (exact) mass is 254 g/mol. The van der Waals surface area contributed by atoms with Crippen molar-refractivity contribution >= 4 is 28.1 Å². The second-order valence-electron chi connectivity index (χ2n) is 2.77. The fraction of sp³-hybridized carbons (Fsp3) is 0.111. The van der Waals surface area contributed by atoms with E-state index in [2.05, 4.69) is 26.1 Å². The van der Waals surface area contributed by atoms with Crippen LogP contribution in [0.2, 0.25) is 0 Å². The summed E-state index contributed by atoms with van der Waals surface area (Å²) in [5.41, 5.74) is 12.3. The number of aryl methyl sites for hydroxylation is 1. The van der Waals surface area contributed by atoms with E-state index >= 15 is 0 Å². The fourth-order valence-electron chi connectivity index (χ4n) is 0.942. The van der Waals surface area contributed by atoms with Crippen LogP contribution in [-0.4, -0.2) is 12.2 Å². The lowest BCUT2D eigenvalue weighted by atomic mass is 10.1. The van der Waals surface area contributed by atoms with E-state index in [0.717, 1.165) is 15.6 Å². The molecule has 0 bridgehead atoms. The number of hydrogen-bond acceptors (Lipinski definition) is 2. The molecule has 0 fully saturated rings. The molecule has 0 atom stereocenters. The maximum Gasteiger partial charge on any atom is 0.211 e. The Morgan fingerprint density at radius 3 is 2.71 bits per heavy atom. The van der Waals surface area contributed by atoms with Gasteiger partial charge in [0, 0.05) is 4.47 Å². The summed E-state index contributed by atoms with van der Waals surface area (Å²) in [6.45, 7) is 1.99. The summed E-state index contributed by atoms with van der Waals surface area (Å²) in [5.74, 6) is -0.0454. The molecule has 0 radical (unpaired) electrons. The van der Waals surface area contributed by atoms with Crippen LogP contribution >= 0.6 is 15.9 Å². The molecule has 4 nitrogen and oxygen atoms in total. The average molecular weight is 255 g/mol. The summed E-state index contributed by atoms with van der Waals surface area (Å²) in [5, 5.41) is 7.24. The van der Waals surface area contributed by atoms with Gasteiger partial charge in [0.15, 0.2) is 0 Å². The van der Waals surface area contributed by atoms with E-state index in [9.17, 15) is 0 Å². The molecular weight excluding hydrogens is 244 g/mol. The Bertz CT molecular complexity index is 380. The number of rotatable bonds is 2. The van der Waals surface area contributed by atoms with Crippen molar-refractivity contribution in [3.05, 3.63) is 33.8 Å². The average Bonchev–Trinajstić information content (AvgIpc) is 2.08. The van der Waals surface area contributed by atoms with Gasteiger partial charge in [0.2, 0.25) is 5.96 Å².